The van der Waals surface area contributed by atoms with Crippen molar-refractivity contribution in [3.63, 3.8) is 0 Å². The van der Waals surface area contributed by atoms with E-state index in [-0.39, 0.29) is 0 Å². The molecule has 1 N–H and O–H groups in total. The average molecular weight is 284 g/mol. The Hall–Kier alpha value is -1.65. The number of hydrogen-bond acceptors (Lipinski definition) is 4. The van der Waals surface area contributed by atoms with E-state index in [2.05, 4.69) is 22.8 Å². The first-order valence-corrected chi connectivity index (χ1v) is 7.96. The Morgan fingerprint density at radius 2 is 2.20 bits per heavy atom. The molecular formula is C16H16N2OS. The summed E-state index contributed by atoms with van der Waals surface area (Å²) in [6, 6.07) is 10.6. The molecule has 0 spiro atoms. The molecule has 2 aromatic heterocycles. The maximum Gasteiger partial charge on any atom is 0.154 e. The van der Waals surface area contributed by atoms with E-state index >= 15 is 0 Å². The van der Waals surface area contributed by atoms with Gasteiger partial charge >= 0.3 is 0 Å². The largest absolute Gasteiger partial charge is 0.454 e. The molecule has 4 rings (SSSR count). The minimum absolute atomic E-state index is 0.423. The van der Waals surface area contributed by atoms with E-state index in [1.54, 1.807) is 11.3 Å². The van der Waals surface area contributed by atoms with Gasteiger partial charge in [-0.05, 0) is 31.5 Å². The number of benzene rings is 1. The zero-order valence-electron chi connectivity index (χ0n) is 11.1. The molecule has 3 nitrogen and oxygen atoms in total. The van der Waals surface area contributed by atoms with Gasteiger partial charge in [-0.15, -0.1) is 11.3 Å². The Labute approximate surface area is 121 Å². The van der Waals surface area contributed by atoms with Gasteiger partial charge in [-0.1, -0.05) is 24.6 Å². The predicted molar refractivity (Wildman–Crippen MR) is 81.9 cm³/mol. The van der Waals surface area contributed by atoms with Crippen molar-refractivity contribution in [3.8, 4) is 11.5 Å². The third kappa shape index (κ3) is 2.15. The molecule has 1 saturated heterocycles. The molecule has 3 heterocycles. The first kappa shape index (κ1) is 12.1. The molecule has 3 aromatic rings. The third-order valence-corrected chi connectivity index (χ3v) is 4.77. The van der Waals surface area contributed by atoms with E-state index in [0.717, 1.165) is 29.0 Å². The second kappa shape index (κ2) is 5.04. The van der Waals surface area contributed by atoms with Crippen molar-refractivity contribution >= 4 is 22.3 Å². The summed E-state index contributed by atoms with van der Waals surface area (Å²) in [4.78, 5) is 4.76. The summed E-state index contributed by atoms with van der Waals surface area (Å²) in [5, 5.41) is 7.96. The molecule has 1 atom stereocenters. The zero-order valence-corrected chi connectivity index (χ0v) is 12.0. The van der Waals surface area contributed by atoms with E-state index in [4.69, 9.17) is 9.40 Å². The molecule has 4 heteroatoms. The van der Waals surface area contributed by atoms with Crippen LogP contribution in [0.3, 0.4) is 0 Å². The van der Waals surface area contributed by atoms with Crippen LogP contribution in [0.15, 0.2) is 40.1 Å². The first-order chi connectivity index (χ1) is 9.90. The van der Waals surface area contributed by atoms with Gasteiger partial charge in [0.05, 0.1) is 6.04 Å². The lowest BCUT2D eigenvalue weighted by Gasteiger charge is -2.21. The van der Waals surface area contributed by atoms with E-state index < -0.39 is 0 Å². The van der Waals surface area contributed by atoms with Crippen LogP contribution < -0.4 is 5.32 Å². The van der Waals surface area contributed by atoms with Crippen LogP contribution in [0.2, 0.25) is 0 Å². The predicted octanol–water partition coefficient (Wildman–Crippen LogP) is 4.37. The maximum absolute atomic E-state index is 5.88. The average Bonchev–Trinajstić information content (AvgIpc) is 3.14. The number of aromatic nitrogens is 1. The summed E-state index contributed by atoms with van der Waals surface area (Å²) in [6.45, 7) is 1.10. The summed E-state index contributed by atoms with van der Waals surface area (Å²) in [7, 11) is 0. The molecule has 0 aliphatic carbocycles. The number of nitrogens with zero attached hydrogens (tertiary/aromatic N) is 1. The van der Waals surface area contributed by atoms with Crippen LogP contribution in [0.4, 0.5) is 0 Å². The summed E-state index contributed by atoms with van der Waals surface area (Å²) in [5.41, 5.74) is 1.88. The van der Waals surface area contributed by atoms with Crippen LogP contribution in [-0.4, -0.2) is 11.5 Å². The topological polar surface area (TPSA) is 38.1 Å². The fourth-order valence-corrected chi connectivity index (χ4v) is 3.65. The smallest absolute Gasteiger partial charge is 0.154 e. The molecule has 1 aromatic carbocycles. The van der Waals surface area contributed by atoms with E-state index in [1.807, 2.05) is 18.2 Å². The lowest BCUT2D eigenvalue weighted by atomic mass is 10.1. The van der Waals surface area contributed by atoms with Crippen molar-refractivity contribution in [2.75, 3.05) is 6.54 Å². The molecule has 20 heavy (non-hydrogen) atoms. The molecule has 0 radical (unpaired) electrons. The van der Waals surface area contributed by atoms with Gasteiger partial charge < -0.3 is 9.73 Å². The van der Waals surface area contributed by atoms with Gasteiger partial charge in [0, 0.05) is 10.8 Å². The zero-order chi connectivity index (χ0) is 13.4. The number of furan rings is 1. The van der Waals surface area contributed by atoms with Crippen molar-refractivity contribution in [1.82, 2.24) is 10.3 Å². The van der Waals surface area contributed by atoms with Gasteiger partial charge in [-0.3, -0.25) is 0 Å². The fraction of sp³-hybridized carbons (Fsp3) is 0.312. The van der Waals surface area contributed by atoms with Gasteiger partial charge in [0.15, 0.2) is 5.76 Å². The second-order valence-corrected chi connectivity index (χ2v) is 6.11. The number of para-hydroxylation sites is 1. The highest BCUT2D eigenvalue weighted by molar-refractivity contribution is 7.10. The SMILES string of the molecule is c1ccc2oc(-c3csc(C4CCCCN4)n3)cc2c1. The van der Waals surface area contributed by atoms with Crippen LogP contribution in [-0.2, 0) is 0 Å². The van der Waals surface area contributed by atoms with Gasteiger partial charge in [0.25, 0.3) is 0 Å². The third-order valence-electron chi connectivity index (χ3n) is 3.81. The van der Waals surface area contributed by atoms with E-state index in [0.29, 0.717) is 6.04 Å². The van der Waals surface area contributed by atoms with E-state index in [9.17, 15) is 0 Å². The highest BCUT2D eigenvalue weighted by Gasteiger charge is 2.19. The van der Waals surface area contributed by atoms with Gasteiger partial charge in [0.1, 0.15) is 16.3 Å². The Morgan fingerprint density at radius 3 is 3.05 bits per heavy atom. The highest BCUT2D eigenvalue weighted by Crippen LogP contribution is 2.32. The lowest BCUT2D eigenvalue weighted by molar-refractivity contribution is 0.411. The van der Waals surface area contributed by atoms with Crippen molar-refractivity contribution in [2.24, 2.45) is 0 Å². The summed E-state index contributed by atoms with van der Waals surface area (Å²) in [5.74, 6) is 0.865. The van der Waals surface area contributed by atoms with Gasteiger partial charge in [-0.25, -0.2) is 4.98 Å². The number of fused-ring (bicyclic) bond motifs is 1. The van der Waals surface area contributed by atoms with Crippen LogP contribution in [0.25, 0.3) is 22.4 Å². The van der Waals surface area contributed by atoms with Crippen LogP contribution in [0.1, 0.15) is 30.3 Å². The van der Waals surface area contributed by atoms with Crippen molar-refractivity contribution in [3.05, 3.63) is 40.7 Å². The molecular weight excluding hydrogens is 268 g/mol. The van der Waals surface area contributed by atoms with Crippen molar-refractivity contribution in [1.29, 1.82) is 0 Å². The number of piperidine rings is 1. The van der Waals surface area contributed by atoms with Crippen LogP contribution in [0.5, 0.6) is 0 Å². The quantitative estimate of drug-likeness (QED) is 0.759. The molecule has 1 unspecified atom stereocenters. The molecule has 0 bridgehead atoms. The van der Waals surface area contributed by atoms with Gasteiger partial charge in [-0.2, -0.15) is 0 Å². The standard InChI is InChI=1S/C16H16N2OS/c1-2-7-14-11(5-1)9-15(19-14)13-10-20-16(18-13)12-6-3-4-8-17-12/h1-2,5,7,9-10,12,17H,3-4,6,8H2. The Morgan fingerprint density at radius 1 is 1.25 bits per heavy atom. The Balaban J connectivity index is 1.66. The number of rotatable bonds is 2. The normalized spacial score (nSPS) is 19.5. The van der Waals surface area contributed by atoms with Crippen LogP contribution >= 0.6 is 11.3 Å². The van der Waals surface area contributed by atoms with Crippen LogP contribution in [0, 0.1) is 0 Å². The molecule has 1 fully saturated rings. The Kier molecular flexibility index (Phi) is 3.05. The Bertz CT molecular complexity index is 692. The summed E-state index contributed by atoms with van der Waals surface area (Å²) < 4.78 is 5.88. The van der Waals surface area contributed by atoms with E-state index in [1.165, 1.54) is 24.3 Å². The summed E-state index contributed by atoms with van der Waals surface area (Å²) in [6.07, 6.45) is 3.75. The number of hydrogen-bond donors (Lipinski definition) is 1. The highest BCUT2D eigenvalue weighted by atomic mass is 32.1. The first-order valence-electron chi connectivity index (χ1n) is 7.08. The molecule has 1 aliphatic rings. The molecule has 0 amide bonds. The fourth-order valence-electron chi connectivity index (χ4n) is 2.73. The number of nitrogens with one attached hydrogen (secondary N) is 1. The lowest BCUT2D eigenvalue weighted by Crippen LogP contribution is -2.26. The number of thiazole rings is 1. The minimum Gasteiger partial charge on any atom is -0.454 e. The summed E-state index contributed by atoms with van der Waals surface area (Å²) >= 11 is 1.73. The maximum atomic E-state index is 5.88. The monoisotopic (exact) mass is 284 g/mol. The molecule has 0 saturated carbocycles. The van der Waals surface area contributed by atoms with Crippen molar-refractivity contribution < 1.29 is 4.42 Å². The van der Waals surface area contributed by atoms with Gasteiger partial charge in [0.2, 0.25) is 0 Å². The molecule has 102 valence electrons. The minimum atomic E-state index is 0.423. The molecule has 1 aliphatic heterocycles. The van der Waals surface area contributed by atoms with Crippen molar-refractivity contribution in [2.45, 2.75) is 25.3 Å². The second-order valence-electron chi connectivity index (χ2n) is 5.22.